The molecule has 8 heteroatoms. The molecule has 0 atom stereocenters. The first-order valence-electron chi connectivity index (χ1n) is 10.2. The van der Waals surface area contributed by atoms with E-state index in [0.717, 1.165) is 21.0 Å². The Hall–Kier alpha value is -3.65. The number of benzene rings is 3. The van der Waals surface area contributed by atoms with E-state index in [9.17, 15) is 9.18 Å². The number of amides is 1. The molecule has 6 nitrogen and oxygen atoms in total. The van der Waals surface area contributed by atoms with Crippen molar-refractivity contribution in [3.63, 3.8) is 0 Å². The molecule has 33 heavy (non-hydrogen) atoms. The third-order valence-corrected chi connectivity index (χ3v) is 5.29. The van der Waals surface area contributed by atoms with Crippen molar-refractivity contribution < 1.29 is 23.1 Å². The van der Waals surface area contributed by atoms with Crippen LogP contribution in [0.1, 0.15) is 28.6 Å². The summed E-state index contributed by atoms with van der Waals surface area (Å²) in [5, 5.41) is 4.77. The zero-order chi connectivity index (χ0) is 23.2. The Morgan fingerprint density at radius 3 is 2.67 bits per heavy atom. The van der Waals surface area contributed by atoms with Gasteiger partial charge in [0.05, 0.1) is 17.3 Å². The molecule has 1 N–H and O–H groups in total. The SMILES string of the molecule is CCOc1ccc2oc(C(=O)N/N=C/c3ccc(OCc4ccc(F)cc4)c(Br)c3)cc2c1. The van der Waals surface area contributed by atoms with Crippen molar-refractivity contribution in [2.24, 2.45) is 5.10 Å². The van der Waals surface area contributed by atoms with Crippen molar-refractivity contribution in [2.75, 3.05) is 6.61 Å². The van der Waals surface area contributed by atoms with Gasteiger partial charge in [-0.05, 0) is 88.6 Å². The van der Waals surface area contributed by atoms with E-state index in [2.05, 4.69) is 26.5 Å². The minimum absolute atomic E-state index is 0.154. The number of hydrogen-bond acceptors (Lipinski definition) is 5. The molecular formula is C25H20BrFN2O4. The number of carbonyl (C=O) groups excluding carboxylic acids is 1. The van der Waals surface area contributed by atoms with Crippen LogP contribution in [-0.4, -0.2) is 18.7 Å². The van der Waals surface area contributed by atoms with Crippen LogP contribution in [-0.2, 0) is 6.61 Å². The highest BCUT2D eigenvalue weighted by molar-refractivity contribution is 9.10. The predicted octanol–water partition coefficient (Wildman–Crippen LogP) is 6.08. The number of hydrogen-bond donors (Lipinski definition) is 1. The van der Waals surface area contributed by atoms with Crippen molar-refractivity contribution >= 4 is 39.0 Å². The van der Waals surface area contributed by atoms with Crippen molar-refractivity contribution in [3.05, 3.63) is 93.9 Å². The third kappa shape index (κ3) is 5.78. The normalized spacial score (nSPS) is 11.1. The highest BCUT2D eigenvalue weighted by Gasteiger charge is 2.12. The molecule has 0 aliphatic heterocycles. The van der Waals surface area contributed by atoms with E-state index in [1.165, 1.54) is 18.3 Å². The molecule has 3 aromatic carbocycles. The summed E-state index contributed by atoms with van der Waals surface area (Å²) < 4.78 is 30.5. The molecule has 4 rings (SSSR count). The smallest absolute Gasteiger partial charge is 0.307 e. The summed E-state index contributed by atoms with van der Waals surface area (Å²) >= 11 is 3.47. The molecule has 0 aliphatic rings. The van der Waals surface area contributed by atoms with E-state index in [1.54, 1.807) is 42.5 Å². The molecule has 0 saturated heterocycles. The van der Waals surface area contributed by atoms with E-state index < -0.39 is 5.91 Å². The van der Waals surface area contributed by atoms with Crippen LogP contribution in [0.5, 0.6) is 11.5 Å². The summed E-state index contributed by atoms with van der Waals surface area (Å²) in [5.41, 5.74) is 4.66. The van der Waals surface area contributed by atoms with Crippen LogP contribution in [0.4, 0.5) is 4.39 Å². The first kappa shape index (κ1) is 22.5. The summed E-state index contributed by atoms with van der Waals surface area (Å²) in [5.74, 6) is 0.757. The number of halogens is 2. The highest BCUT2D eigenvalue weighted by atomic mass is 79.9. The lowest BCUT2D eigenvalue weighted by molar-refractivity contribution is 0.0929. The molecule has 0 fully saturated rings. The molecule has 0 saturated carbocycles. The van der Waals surface area contributed by atoms with Crippen molar-refractivity contribution in [2.45, 2.75) is 13.5 Å². The zero-order valence-electron chi connectivity index (χ0n) is 17.7. The minimum Gasteiger partial charge on any atom is -0.494 e. The third-order valence-electron chi connectivity index (χ3n) is 4.67. The Balaban J connectivity index is 1.35. The van der Waals surface area contributed by atoms with Crippen molar-refractivity contribution in [1.82, 2.24) is 5.43 Å². The van der Waals surface area contributed by atoms with E-state index in [0.29, 0.717) is 30.3 Å². The second-order valence-corrected chi connectivity index (χ2v) is 7.90. The molecule has 0 bridgehead atoms. The number of nitrogens with zero attached hydrogens (tertiary/aromatic N) is 1. The van der Waals surface area contributed by atoms with Gasteiger partial charge in [0.25, 0.3) is 0 Å². The second-order valence-electron chi connectivity index (χ2n) is 7.05. The fourth-order valence-electron chi connectivity index (χ4n) is 3.07. The standard InChI is InChI=1S/C25H20BrFN2O4/c1-2-31-20-8-10-22-18(12-20)13-24(33-22)25(30)29-28-14-17-5-9-23(21(26)11-17)32-15-16-3-6-19(27)7-4-16/h3-14H,2,15H2,1H3,(H,29,30)/b28-14+. The number of rotatable bonds is 8. The van der Waals surface area contributed by atoms with Gasteiger partial charge < -0.3 is 13.9 Å². The molecule has 0 spiro atoms. The summed E-state index contributed by atoms with van der Waals surface area (Å²) in [6.07, 6.45) is 1.52. The largest absolute Gasteiger partial charge is 0.494 e. The maximum absolute atomic E-state index is 13.0. The summed E-state index contributed by atoms with van der Waals surface area (Å²) in [6, 6.07) is 18.6. The van der Waals surface area contributed by atoms with Crippen LogP contribution in [0.15, 0.2) is 80.7 Å². The number of hydrazone groups is 1. The number of nitrogens with one attached hydrogen (secondary N) is 1. The van der Waals surface area contributed by atoms with Crippen LogP contribution < -0.4 is 14.9 Å². The lowest BCUT2D eigenvalue weighted by Crippen LogP contribution is -2.16. The van der Waals surface area contributed by atoms with Gasteiger partial charge in [-0.3, -0.25) is 4.79 Å². The van der Waals surface area contributed by atoms with Gasteiger partial charge >= 0.3 is 5.91 Å². The monoisotopic (exact) mass is 510 g/mol. The molecule has 0 aliphatic carbocycles. The van der Waals surface area contributed by atoms with Crippen molar-refractivity contribution in [3.8, 4) is 11.5 Å². The maximum atomic E-state index is 13.0. The molecule has 1 aromatic heterocycles. The van der Waals surface area contributed by atoms with Crippen LogP contribution in [0.2, 0.25) is 0 Å². The Bertz CT molecular complexity index is 1300. The maximum Gasteiger partial charge on any atom is 0.307 e. The quantitative estimate of drug-likeness (QED) is 0.230. The Morgan fingerprint density at radius 1 is 1.09 bits per heavy atom. The summed E-state index contributed by atoms with van der Waals surface area (Å²) in [6.45, 7) is 2.78. The first-order valence-corrected chi connectivity index (χ1v) is 11.0. The number of furan rings is 1. The fourth-order valence-corrected chi connectivity index (χ4v) is 3.58. The first-order chi connectivity index (χ1) is 16.0. The predicted molar refractivity (Wildman–Crippen MR) is 127 cm³/mol. The van der Waals surface area contributed by atoms with E-state index in [4.69, 9.17) is 13.9 Å². The van der Waals surface area contributed by atoms with E-state index >= 15 is 0 Å². The molecule has 1 amide bonds. The molecule has 0 unspecified atom stereocenters. The molecular weight excluding hydrogens is 491 g/mol. The fraction of sp³-hybridized carbons (Fsp3) is 0.120. The van der Waals surface area contributed by atoms with Gasteiger partial charge in [0, 0.05) is 5.39 Å². The zero-order valence-corrected chi connectivity index (χ0v) is 19.3. The highest BCUT2D eigenvalue weighted by Crippen LogP contribution is 2.27. The van der Waals surface area contributed by atoms with Crippen LogP contribution in [0.25, 0.3) is 11.0 Å². The molecule has 168 valence electrons. The summed E-state index contributed by atoms with van der Waals surface area (Å²) in [7, 11) is 0. The van der Waals surface area contributed by atoms with E-state index in [1.807, 2.05) is 19.1 Å². The number of carbonyl (C=O) groups is 1. The lowest BCUT2D eigenvalue weighted by Gasteiger charge is -2.09. The Morgan fingerprint density at radius 2 is 1.91 bits per heavy atom. The van der Waals surface area contributed by atoms with Gasteiger partial charge in [-0.2, -0.15) is 5.10 Å². The van der Waals surface area contributed by atoms with Gasteiger partial charge in [-0.1, -0.05) is 12.1 Å². The average molecular weight is 511 g/mol. The van der Waals surface area contributed by atoms with Crippen molar-refractivity contribution in [1.29, 1.82) is 0 Å². The lowest BCUT2D eigenvalue weighted by atomic mass is 10.2. The summed E-state index contributed by atoms with van der Waals surface area (Å²) in [4.78, 5) is 12.4. The number of ether oxygens (including phenoxy) is 2. The molecule has 0 radical (unpaired) electrons. The molecule has 1 heterocycles. The average Bonchev–Trinajstić information content (AvgIpc) is 3.23. The van der Waals surface area contributed by atoms with Crippen LogP contribution in [0, 0.1) is 5.82 Å². The topological polar surface area (TPSA) is 73.1 Å². The minimum atomic E-state index is -0.460. The Kier molecular flexibility index (Phi) is 7.04. The second kappa shape index (κ2) is 10.3. The number of fused-ring (bicyclic) bond motifs is 1. The molecule has 4 aromatic rings. The van der Waals surface area contributed by atoms with E-state index in [-0.39, 0.29) is 11.6 Å². The van der Waals surface area contributed by atoms with Gasteiger partial charge in [0.15, 0.2) is 5.76 Å². The van der Waals surface area contributed by atoms with Gasteiger partial charge in [-0.15, -0.1) is 0 Å². The van der Waals surface area contributed by atoms with Gasteiger partial charge in [0.1, 0.15) is 29.5 Å². The Labute approximate surface area is 198 Å². The van der Waals surface area contributed by atoms with Gasteiger partial charge in [-0.25, -0.2) is 9.82 Å². The van der Waals surface area contributed by atoms with Gasteiger partial charge in [0.2, 0.25) is 0 Å². The van der Waals surface area contributed by atoms with Crippen LogP contribution in [0.3, 0.4) is 0 Å². The van der Waals surface area contributed by atoms with Crippen LogP contribution >= 0.6 is 15.9 Å².